The minimum atomic E-state index is 0.0754. The number of carbonyl (C=O) groups excluding carboxylic acids is 2. The largest absolute Gasteiger partial charge is 0.355 e. The van der Waals surface area contributed by atoms with Crippen LogP contribution < -0.4 is 10.6 Å². The number of nitrogens with one attached hydrogen (secondary N) is 2. The number of rotatable bonds is 8. The van der Waals surface area contributed by atoms with Gasteiger partial charge >= 0.3 is 0 Å². The zero-order valence-corrected chi connectivity index (χ0v) is 17.3. The third-order valence-electron chi connectivity index (χ3n) is 6.17. The molecule has 3 atom stereocenters. The first-order chi connectivity index (χ1) is 13.4. The second-order valence-corrected chi connectivity index (χ2v) is 8.74. The summed E-state index contributed by atoms with van der Waals surface area (Å²) in [4.78, 5) is 28.7. The molecule has 0 aliphatic heterocycles. The van der Waals surface area contributed by atoms with Gasteiger partial charge in [0, 0.05) is 25.1 Å². The van der Waals surface area contributed by atoms with Gasteiger partial charge in [0.25, 0.3) is 0 Å². The molecule has 2 N–H and O–H groups in total. The van der Waals surface area contributed by atoms with E-state index in [0.29, 0.717) is 37.3 Å². The molecule has 1 saturated carbocycles. The predicted octanol–water partition coefficient (Wildman–Crippen LogP) is 3.47. The van der Waals surface area contributed by atoms with Gasteiger partial charge in [-0.05, 0) is 62.0 Å². The van der Waals surface area contributed by atoms with Crippen molar-refractivity contribution in [2.75, 3.05) is 6.54 Å². The Labute approximate surface area is 168 Å². The average molecular weight is 384 g/mol. The molecule has 1 aromatic heterocycles. The van der Waals surface area contributed by atoms with Gasteiger partial charge in [0.15, 0.2) is 0 Å². The summed E-state index contributed by atoms with van der Waals surface area (Å²) < 4.78 is 0. The first-order valence-corrected chi connectivity index (χ1v) is 10.6. The molecule has 1 aromatic rings. The van der Waals surface area contributed by atoms with E-state index in [1.807, 2.05) is 18.2 Å². The highest BCUT2D eigenvalue weighted by Crippen LogP contribution is 2.39. The van der Waals surface area contributed by atoms with Gasteiger partial charge in [-0.2, -0.15) is 0 Å². The summed E-state index contributed by atoms with van der Waals surface area (Å²) in [6.07, 6.45) is 7.63. The Morgan fingerprint density at radius 3 is 2.64 bits per heavy atom. The summed E-state index contributed by atoms with van der Waals surface area (Å²) in [5, 5.41) is 6.14. The number of nitrogens with zero attached hydrogens (tertiary/aromatic N) is 1. The van der Waals surface area contributed by atoms with E-state index in [1.165, 1.54) is 5.57 Å². The number of allylic oxidation sites excluding steroid dienone is 1. The highest BCUT2D eigenvalue weighted by Gasteiger charge is 2.34. The van der Waals surface area contributed by atoms with Crippen molar-refractivity contribution >= 4 is 11.8 Å². The van der Waals surface area contributed by atoms with Gasteiger partial charge < -0.3 is 10.6 Å². The molecule has 152 valence electrons. The van der Waals surface area contributed by atoms with Crippen LogP contribution in [0.2, 0.25) is 0 Å². The van der Waals surface area contributed by atoms with Gasteiger partial charge in [0.2, 0.25) is 11.8 Å². The van der Waals surface area contributed by atoms with Crippen LogP contribution in [-0.4, -0.2) is 23.3 Å². The Hall–Kier alpha value is -2.17. The van der Waals surface area contributed by atoms with E-state index in [4.69, 9.17) is 0 Å². The fourth-order valence-electron chi connectivity index (χ4n) is 4.20. The second kappa shape index (κ2) is 9.35. The Morgan fingerprint density at radius 2 is 2.00 bits per heavy atom. The number of hydrogen-bond donors (Lipinski definition) is 2. The summed E-state index contributed by atoms with van der Waals surface area (Å²) in [5.41, 5.74) is 2.15. The van der Waals surface area contributed by atoms with Gasteiger partial charge in [-0.25, -0.2) is 0 Å². The number of amides is 2. The Bertz CT molecular complexity index is 710. The third-order valence-corrected chi connectivity index (χ3v) is 6.17. The minimum Gasteiger partial charge on any atom is -0.355 e. The monoisotopic (exact) mass is 383 g/mol. The molecule has 1 heterocycles. The zero-order chi connectivity index (χ0) is 20.1. The lowest BCUT2D eigenvalue weighted by Gasteiger charge is -2.37. The van der Waals surface area contributed by atoms with Crippen LogP contribution in [0.1, 0.15) is 52.1 Å². The highest BCUT2D eigenvalue weighted by atomic mass is 16.2. The zero-order valence-electron chi connectivity index (χ0n) is 17.3. The molecule has 5 heteroatoms. The Morgan fingerprint density at radius 1 is 1.21 bits per heavy atom. The van der Waals surface area contributed by atoms with Gasteiger partial charge in [-0.3, -0.25) is 14.6 Å². The van der Waals surface area contributed by atoms with Crippen LogP contribution in [0.3, 0.4) is 0 Å². The molecular weight excluding hydrogens is 350 g/mol. The topological polar surface area (TPSA) is 71.1 Å². The Balaban J connectivity index is 1.55. The molecule has 5 nitrogen and oxygen atoms in total. The SMILES string of the molecule is CC1=CC(CNC(=O)C2CC2)C(C(C)C)CC1CC(=O)NCc1ccccn1. The first kappa shape index (κ1) is 20.6. The number of carbonyl (C=O) groups is 2. The van der Waals surface area contributed by atoms with Crippen molar-refractivity contribution in [3.8, 4) is 0 Å². The molecule has 3 unspecified atom stereocenters. The number of aromatic nitrogens is 1. The maximum Gasteiger partial charge on any atom is 0.223 e. The highest BCUT2D eigenvalue weighted by molar-refractivity contribution is 5.80. The van der Waals surface area contributed by atoms with Crippen LogP contribution in [0.5, 0.6) is 0 Å². The van der Waals surface area contributed by atoms with Crippen LogP contribution >= 0.6 is 0 Å². The van der Waals surface area contributed by atoms with Crippen LogP contribution in [0.15, 0.2) is 36.0 Å². The fraction of sp³-hybridized carbons (Fsp3) is 0.609. The van der Waals surface area contributed by atoms with Gasteiger partial charge in [0.05, 0.1) is 12.2 Å². The Kier molecular flexibility index (Phi) is 6.87. The van der Waals surface area contributed by atoms with Crippen molar-refractivity contribution < 1.29 is 9.59 Å². The van der Waals surface area contributed by atoms with Crippen LogP contribution in [0, 0.1) is 29.6 Å². The molecule has 2 amide bonds. The normalized spacial score (nSPS) is 24.6. The molecule has 0 spiro atoms. The summed E-state index contributed by atoms with van der Waals surface area (Å²) in [7, 11) is 0. The quantitative estimate of drug-likeness (QED) is 0.675. The van der Waals surface area contributed by atoms with Crippen molar-refractivity contribution in [1.29, 1.82) is 0 Å². The smallest absolute Gasteiger partial charge is 0.223 e. The standard InChI is InChI=1S/C23H33N3O2/c1-15(2)21-11-18(12-22(27)25-14-20-6-4-5-9-24-20)16(3)10-19(21)13-26-23(28)17-7-8-17/h4-6,9-10,15,17-19,21H,7-8,11-14H2,1-3H3,(H,25,27)(H,26,28). The molecule has 0 aromatic carbocycles. The maximum atomic E-state index is 12.5. The number of pyridine rings is 1. The third kappa shape index (κ3) is 5.66. The van der Waals surface area contributed by atoms with E-state index in [1.54, 1.807) is 6.20 Å². The molecular formula is C23H33N3O2. The molecule has 0 saturated heterocycles. The van der Waals surface area contributed by atoms with E-state index in [-0.39, 0.29) is 23.7 Å². The van der Waals surface area contributed by atoms with E-state index in [0.717, 1.165) is 25.0 Å². The lowest BCUT2D eigenvalue weighted by molar-refractivity contribution is -0.122. The maximum absolute atomic E-state index is 12.5. The molecule has 2 aliphatic carbocycles. The van der Waals surface area contributed by atoms with Crippen molar-refractivity contribution in [2.24, 2.45) is 29.6 Å². The lowest BCUT2D eigenvalue weighted by atomic mass is 9.69. The van der Waals surface area contributed by atoms with Crippen LogP contribution in [-0.2, 0) is 16.1 Å². The molecule has 2 aliphatic rings. The summed E-state index contributed by atoms with van der Waals surface area (Å²) in [6.45, 7) is 7.80. The molecule has 28 heavy (non-hydrogen) atoms. The molecule has 3 rings (SSSR count). The second-order valence-electron chi connectivity index (χ2n) is 8.74. The van der Waals surface area contributed by atoms with Gasteiger partial charge in [-0.15, -0.1) is 0 Å². The van der Waals surface area contributed by atoms with Gasteiger partial charge in [-0.1, -0.05) is 31.6 Å². The summed E-state index contributed by atoms with van der Waals surface area (Å²) >= 11 is 0. The summed E-state index contributed by atoms with van der Waals surface area (Å²) in [5.74, 6) is 2.17. The van der Waals surface area contributed by atoms with Crippen molar-refractivity contribution in [1.82, 2.24) is 15.6 Å². The number of hydrogen-bond acceptors (Lipinski definition) is 3. The molecule has 0 radical (unpaired) electrons. The lowest BCUT2D eigenvalue weighted by Crippen LogP contribution is -2.38. The van der Waals surface area contributed by atoms with E-state index in [9.17, 15) is 9.59 Å². The van der Waals surface area contributed by atoms with Crippen molar-refractivity contribution in [3.05, 3.63) is 41.7 Å². The predicted molar refractivity (Wildman–Crippen MR) is 110 cm³/mol. The van der Waals surface area contributed by atoms with Gasteiger partial charge in [0.1, 0.15) is 0 Å². The molecule has 1 fully saturated rings. The van der Waals surface area contributed by atoms with E-state index >= 15 is 0 Å². The first-order valence-electron chi connectivity index (χ1n) is 10.6. The fourth-order valence-corrected chi connectivity index (χ4v) is 4.20. The summed E-state index contributed by atoms with van der Waals surface area (Å²) in [6, 6.07) is 5.72. The van der Waals surface area contributed by atoms with Crippen LogP contribution in [0.4, 0.5) is 0 Å². The van der Waals surface area contributed by atoms with Crippen molar-refractivity contribution in [2.45, 2.75) is 53.0 Å². The molecule has 0 bridgehead atoms. The van der Waals surface area contributed by atoms with E-state index in [2.05, 4.69) is 42.5 Å². The minimum absolute atomic E-state index is 0.0754. The van der Waals surface area contributed by atoms with Crippen molar-refractivity contribution in [3.63, 3.8) is 0 Å². The van der Waals surface area contributed by atoms with Crippen LogP contribution in [0.25, 0.3) is 0 Å². The van der Waals surface area contributed by atoms with E-state index < -0.39 is 0 Å². The average Bonchev–Trinajstić information content (AvgIpc) is 3.52.